The Bertz CT molecular complexity index is 1030. The first kappa shape index (κ1) is 28.6. The highest BCUT2D eigenvalue weighted by molar-refractivity contribution is 7.80. The first-order chi connectivity index (χ1) is 17.0. The SMILES string of the molecule is CC(O)C(NC(=O)C(Cc1ccc(O)cc1)NC(=O)C(N)CS)C(=O)NC(Cc1cnc[nH]1)C(=O)O. The van der Waals surface area contributed by atoms with E-state index in [1.54, 1.807) is 12.1 Å². The van der Waals surface area contributed by atoms with Crippen LogP contribution in [0.15, 0.2) is 36.8 Å². The number of rotatable bonds is 13. The second-order valence-electron chi connectivity index (χ2n) is 8.13. The molecular weight excluding hydrogens is 492 g/mol. The Balaban J connectivity index is 2.18. The number of aliphatic hydroxyl groups excluding tert-OH is 1. The second kappa shape index (κ2) is 13.5. The van der Waals surface area contributed by atoms with Crippen LogP contribution in [0.3, 0.4) is 0 Å². The molecule has 0 aliphatic carbocycles. The van der Waals surface area contributed by atoms with Gasteiger partial charge in [0.15, 0.2) is 0 Å². The average molecular weight is 523 g/mol. The van der Waals surface area contributed by atoms with Crippen molar-refractivity contribution in [2.75, 3.05) is 5.75 Å². The average Bonchev–Trinajstić information content (AvgIpc) is 3.35. The molecule has 3 amide bonds. The fraction of sp³-hybridized carbons (Fsp3) is 0.409. The molecule has 5 atom stereocenters. The van der Waals surface area contributed by atoms with E-state index in [0.717, 1.165) is 0 Å². The summed E-state index contributed by atoms with van der Waals surface area (Å²) in [6.07, 6.45) is 1.23. The Hall–Kier alpha value is -3.62. The van der Waals surface area contributed by atoms with E-state index in [-0.39, 0.29) is 24.3 Å². The minimum Gasteiger partial charge on any atom is -0.508 e. The van der Waals surface area contributed by atoms with Crippen LogP contribution < -0.4 is 21.7 Å². The summed E-state index contributed by atoms with van der Waals surface area (Å²) in [5, 5.41) is 36.3. The molecule has 14 heteroatoms. The zero-order valence-electron chi connectivity index (χ0n) is 19.4. The van der Waals surface area contributed by atoms with Crippen molar-refractivity contribution in [3.8, 4) is 5.75 Å². The molecule has 1 aromatic heterocycles. The number of phenols is 1. The van der Waals surface area contributed by atoms with Gasteiger partial charge in [-0.2, -0.15) is 12.6 Å². The number of nitrogens with two attached hydrogens (primary N) is 1. The fourth-order valence-corrected chi connectivity index (χ4v) is 3.34. The first-order valence-corrected chi connectivity index (χ1v) is 11.6. The summed E-state index contributed by atoms with van der Waals surface area (Å²) in [6.45, 7) is 1.25. The lowest BCUT2D eigenvalue weighted by molar-refractivity contribution is -0.143. The third kappa shape index (κ3) is 8.55. The van der Waals surface area contributed by atoms with Crippen molar-refractivity contribution < 1.29 is 34.5 Å². The molecule has 0 saturated carbocycles. The van der Waals surface area contributed by atoms with Crippen molar-refractivity contribution in [3.05, 3.63) is 48.0 Å². The highest BCUT2D eigenvalue weighted by atomic mass is 32.1. The van der Waals surface area contributed by atoms with E-state index in [9.17, 15) is 34.5 Å². The molecule has 0 radical (unpaired) electrons. The highest BCUT2D eigenvalue weighted by Crippen LogP contribution is 2.12. The number of aliphatic hydroxyl groups is 1. The normalized spacial score (nSPS) is 15.1. The minimum atomic E-state index is -1.53. The molecule has 0 aliphatic rings. The number of aliphatic carboxylic acids is 1. The number of benzene rings is 1. The molecule has 0 fully saturated rings. The number of amides is 3. The molecule has 0 saturated heterocycles. The molecule has 5 unspecified atom stereocenters. The van der Waals surface area contributed by atoms with Gasteiger partial charge in [-0.05, 0) is 24.6 Å². The van der Waals surface area contributed by atoms with Gasteiger partial charge in [-0.1, -0.05) is 12.1 Å². The van der Waals surface area contributed by atoms with E-state index in [0.29, 0.717) is 11.3 Å². The van der Waals surface area contributed by atoms with E-state index in [1.807, 2.05) is 0 Å². The van der Waals surface area contributed by atoms with E-state index in [4.69, 9.17) is 5.73 Å². The van der Waals surface area contributed by atoms with Gasteiger partial charge in [-0.3, -0.25) is 14.4 Å². The van der Waals surface area contributed by atoms with E-state index >= 15 is 0 Å². The Labute approximate surface area is 212 Å². The monoisotopic (exact) mass is 522 g/mol. The molecule has 0 spiro atoms. The molecule has 2 aromatic rings. The van der Waals surface area contributed by atoms with Crippen LogP contribution in [-0.4, -0.2) is 85.0 Å². The number of hydrogen-bond donors (Lipinski definition) is 9. The minimum absolute atomic E-state index is 0.00911. The third-order valence-corrected chi connectivity index (χ3v) is 5.59. The molecule has 0 aliphatic heterocycles. The maximum absolute atomic E-state index is 13.1. The smallest absolute Gasteiger partial charge is 0.326 e. The summed E-state index contributed by atoms with van der Waals surface area (Å²) >= 11 is 3.97. The summed E-state index contributed by atoms with van der Waals surface area (Å²) < 4.78 is 0. The van der Waals surface area contributed by atoms with Crippen LogP contribution in [0.4, 0.5) is 0 Å². The third-order valence-electron chi connectivity index (χ3n) is 5.20. The van der Waals surface area contributed by atoms with Crippen LogP contribution in [0.2, 0.25) is 0 Å². The first-order valence-electron chi connectivity index (χ1n) is 10.9. The molecule has 0 bridgehead atoms. The number of hydrogen-bond acceptors (Lipinski definition) is 9. The number of aromatic nitrogens is 2. The van der Waals surface area contributed by atoms with Crippen LogP contribution in [0.25, 0.3) is 0 Å². The Morgan fingerprint density at radius 1 is 1.03 bits per heavy atom. The number of phenolic OH excluding ortho intramolecular Hbond substituents is 1. The van der Waals surface area contributed by atoms with Crippen LogP contribution in [0.5, 0.6) is 5.75 Å². The number of thiol groups is 1. The number of nitrogens with zero attached hydrogens (tertiary/aromatic N) is 1. The zero-order chi connectivity index (χ0) is 26.8. The summed E-state index contributed by atoms with van der Waals surface area (Å²) in [5.74, 6) is -3.71. The Kier molecular flexibility index (Phi) is 10.7. The summed E-state index contributed by atoms with van der Waals surface area (Å²) in [6, 6.07) is 0.807. The predicted molar refractivity (Wildman–Crippen MR) is 131 cm³/mol. The van der Waals surface area contributed by atoms with Gasteiger partial charge < -0.3 is 42.0 Å². The van der Waals surface area contributed by atoms with Gasteiger partial charge in [0.1, 0.15) is 23.9 Å². The number of aromatic hydroxyl groups is 1. The lowest BCUT2D eigenvalue weighted by Gasteiger charge is -2.26. The van der Waals surface area contributed by atoms with Crippen LogP contribution >= 0.6 is 12.6 Å². The fourth-order valence-electron chi connectivity index (χ4n) is 3.18. The van der Waals surface area contributed by atoms with Crippen molar-refractivity contribution in [1.82, 2.24) is 25.9 Å². The number of carboxylic acid groups (broad SMARTS) is 1. The van der Waals surface area contributed by atoms with E-state index in [1.165, 1.54) is 31.6 Å². The van der Waals surface area contributed by atoms with Crippen molar-refractivity contribution in [2.24, 2.45) is 5.73 Å². The predicted octanol–water partition coefficient (Wildman–Crippen LogP) is -1.92. The Morgan fingerprint density at radius 2 is 1.67 bits per heavy atom. The molecule has 1 aromatic carbocycles. The summed E-state index contributed by atoms with van der Waals surface area (Å²) in [4.78, 5) is 56.5. The van der Waals surface area contributed by atoms with Crippen LogP contribution in [-0.2, 0) is 32.0 Å². The standard InChI is InChI=1S/C22H30N6O7S/c1-11(29)18(21(33)27-17(22(34)35)7-13-8-24-10-25-13)28-20(32)16(26-19(31)15(23)9-36)6-12-2-4-14(30)5-3-12/h2-5,8,10-11,15-18,29-30,36H,6-7,9,23H2,1H3,(H,24,25)(H,26,31)(H,27,33)(H,28,32)(H,34,35). The number of nitrogens with one attached hydrogen (secondary N) is 4. The molecule has 1 heterocycles. The Morgan fingerprint density at radius 3 is 2.19 bits per heavy atom. The number of carboxylic acids is 1. The van der Waals surface area contributed by atoms with Gasteiger partial charge in [0, 0.05) is 30.5 Å². The lowest BCUT2D eigenvalue weighted by Crippen LogP contribution is -2.60. The number of carbonyl (C=O) groups is 4. The van der Waals surface area contributed by atoms with E-state index < -0.39 is 54.0 Å². The maximum atomic E-state index is 13.1. The number of H-pyrrole nitrogens is 1. The van der Waals surface area contributed by atoms with Gasteiger partial charge in [0.2, 0.25) is 17.7 Å². The van der Waals surface area contributed by atoms with Crippen molar-refractivity contribution >= 4 is 36.3 Å². The van der Waals surface area contributed by atoms with Gasteiger partial charge in [0.05, 0.1) is 18.5 Å². The van der Waals surface area contributed by atoms with Crippen molar-refractivity contribution in [2.45, 2.75) is 50.0 Å². The van der Waals surface area contributed by atoms with Gasteiger partial charge >= 0.3 is 5.97 Å². The molecule has 196 valence electrons. The van der Waals surface area contributed by atoms with Crippen LogP contribution in [0, 0.1) is 0 Å². The molecule has 13 nitrogen and oxygen atoms in total. The van der Waals surface area contributed by atoms with Gasteiger partial charge in [0.25, 0.3) is 0 Å². The summed E-state index contributed by atoms with van der Waals surface area (Å²) in [5.41, 5.74) is 6.73. The quantitative estimate of drug-likeness (QED) is 0.134. The van der Waals surface area contributed by atoms with Crippen LogP contribution in [0.1, 0.15) is 18.2 Å². The van der Waals surface area contributed by atoms with E-state index in [2.05, 4.69) is 38.5 Å². The number of imidazole rings is 1. The lowest BCUT2D eigenvalue weighted by atomic mass is 10.0. The molecule has 9 N–H and O–H groups in total. The van der Waals surface area contributed by atoms with Crippen molar-refractivity contribution in [3.63, 3.8) is 0 Å². The summed E-state index contributed by atoms with van der Waals surface area (Å²) in [7, 11) is 0. The highest BCUT2D eigenvalue weighted by Gasteiger charge is 2.33. The maximum Gasteiger partial charge on any atom is 0.326 e. The topological polar surface area (TPSA) is 220 Å². The van der Waals surface area contributed by atoms with Gasteiger partial charge in [-0.25, -0.2) is 9.78 Å². The molecule has 2 rings (SSSR count). The number of aromatic amines is 1. The molecule has 36 heavy (non-hydrogen) atoms. The molecular formula is C22H30N6O7S. The second-order valence-corrected chi connectivity index (χ2v) is 8.49. The zero-order valence-corrected chi connectivity index (χ0v) is 20.3. The van der Waals surface area contributed by atoms with Gasteiger partial charge in [-0.15, -0.1) is 0 Å². The largest absolute Gasteiger partial charge is 0.508 e. The number of carbonyl (C=O) groups excluding carboxylic acids is 3. The van der Waals surface area contributed by atoms with Crippen molar-refractivity contribution in [1.29, 1.82) is 0 Å².